The molecule has 1 heterocycles. The van der Waals surface area contributed by atoms with Gasteiger partial charge >= 0.3 is 0 Å². The van der Waals surface area contributed by atoms with E-state index in [1.807, 2.05) is 6.07 Å². The molecule has 20 heavy (non-hydrogen) atoms. The molecule has 0 saturated heterocycles. The zero-order valence-corrected chi connectivity index (χ0v) is 12.6. The monoisotopic (exact) mass is 276 g/mol. The molecule has 0 radical (unpaired) electrons. The van der Waals surface area contributed by atoms with Crippen LogP contribution in [0, 0.1) is 11.8 Å². The Morgan fingerprint density at radius 2 is 2.00 bits per heavy atom. The van der Waals surface area contributed by atoms with E-state index in [0.29, 0.717) is 6.04 Å². The Hall–Kier alpha value is -0.800. The molecule has 2 fully saturated rings. The van der Waals surface area contributed by atoms with Gasteiger partial charge in [-0.1, -0.05) is 19.8 Å². The maximum atomic E-state index is 6.16. The molecule has 1 aromatic rings. The summed E-state index contributed by atoms with van der Waals surface area (Å²) in [6.07, 6.45) is 9.90. The molecule has 3 nitrogen and oxygen atoms in total. The number of hydrogen-bond donors (Lipinski definition) is 1. The number of nitrogens with two attached hydrogens (primary N) is 1. The molecule has 2 saturated carbocycles. The Labute approximate surface area is 122 Å². The summed E-state index contributed by atoms with van der Waals surface area (Å²) >= 11 is 0. The zero-order chi connectivity index (χ0) is 13.9. The Morgan fingerprint density at radius 1 is 1.25 bits per heavy atom. The van der Waals surface area contributed by atoms with Crippen LogP contribution in [0.5, 0.6) is 0 Å². The van der Waals surface area contributed by atoms with Crippen molar-refractivity contribution in [2.45, 2.75) is 64.1 Å². The van der Waals surface area contributed by atoms with Crippen molar-refractivity contribution in [1.29, 1.82) is 0 Å². The van der Waals surface area contributed by atoms with Crippen molar-refractivity contribution in [3.05, 3.63) is 24.2 Å². The van der Waals surface area contributed by atoms with Crippen molar-refractivity contribution in [3.63, 3.8) is 0 Å². The van der Waals surface area contributed by atoms with E-state index >= 15 is 0 Å². The quantitative estimate of drug-likeness (QED) is 0.866. The van der Waals surface area contributed by atoms with E-state index in [-0.39, 0.29) is 0 Å². The normalized spacial score (nSPS) is 28.8. The lowest BCUT2D eigenvalue weighted by Crippen LogP contribution is -2.47. The first-order valence-electron chi connectivity index (χ1n) is 8.26. The van der Waals surface area contributed by atoms with Crippen LogP contribution in [0.1, 0.15) is 51.2 Å². The number of nitrogens with zero attached hydrogens (tertiary/aromatic N) is 1. The van der Waals surface area contributed by atoms with Crippen molar-refractivity contribution in [2.24, 2.45) is 17.6 Å². The molecule has 0 spiro atoms. The maximum Gasteiger partial charge on any atom is 0.117 e. The Balaban J connectivity index is 1.67. The topological polar surface area (TPSA) is 42.4 Å². The highest BCUT2D eigenvalue weighted by molar-refractivity contribution is 5.02. The lowest BCUT2D eigenvalue weighted by molar-refractivity contribution is 0.0913. The third kappa shape index (κ3) is 3.26. The molecule has 2 aliphatic carbocycles. The Morgan fingerprint density at radius 3 is 2.55 bits per heavy atom. The van der Waals surface area contributed by atoms with Gasteiger partial charge in [-0.2, -0.15) is 0 Å². The average molecular weight is 276 g/mol. The van der Waals surface area contributed by atoms with Crippen LogP contribution < -0.4 is 5.73 Å². The summed E-state index contributed by atoms with van der Waals surface area (Å²) in [5.74, 6) is 2.77. The van der Waals surface area contributed by atoms with Gasteiger partial charge in [0.25, 0.3) is 0 Å². The molecule has 2 N–H and O–H groups in total. The lowest BCUT2D eigenvalue weighted by Gasteiger charge is -2.39. The second kappa shape index (κ2) is 6.31. The van der Waals surface area contributed by atoms with Crippen LogP contribution in [-0.2, 0) is 6.54 Å². The van der Waals surface area contributed by atoms with Gasteiger partial charge in [0.15, 0.2) is 0 Å². The van der Waals surface area contributed by atoms with Gasteiger partial charge in [-0.3, -0.25) is 4.90 Å². The van der Waals surface area contributed by atoms with E-state index in [4.69, 9.17) is 10.2 Å². The number of rotatable bonds is 6. The van der Waals surface area contributed by atoms with Gasteiger partial charge in [0.05, 0.1) is 12.8 Å². The SMILES string of the molecule is CC1CCC(C(CN)N(Cc2ccco2)C2CC2)CC1. The van der Waals surface area contributed by atoms with Gasteiger partial charge in [-0.15, -0.1) is 0 Å². The minimum absolute atomic E-state index is 0.542. The molecule has 112 valence electrons. The second-order valence-corrected chi connectivity index (χ2v) is 6.81. The predicted molar refractivity (Wildman–Crippen MR) is 81.2 cm³/mol. The first-order valence-corrected chi connectivity index (χ1v) is 8.26. The fraction of sp³-hybridized carbons (Fsp3) is 0.765. The minimum Gasteiger partial charge on any atom is -0.468 e. The van der Waals surface area contributed by atoms with Gasteiger partial charge in [-0.05, 0) is 49.7 Å². The van der Waals surface area contributed by atoms with Crippen LogP contribution in [0.25, 0.3) is 0 Å². The summed E-state index contributed by atoms with van der Waals surface area (Å²) in [6.45, 7) is 4.11. The Bertz CT molecular complexity index is 391. The van der Waals surface area contributed by atoms with Gasteiger partial charge in [-0.25, -0.2) is 0 Å². The third-order valence-corrected chi connectivity index (χ3v) is 5.21. The Kier molecular flexibility index (Phi) is 4.47. The molecule has 0 aliphatic heterocycles. The van der Waals surface area contributed by atoms with Crippen LogP contribution >= 0.6 is 0 Å². The molecule has 0 aromatic carbocycles. The van der Waals surface area contributed by atoms with Crippen molar-refractivity contribution >= 4 is 0 Å². The first-order chi connectivity index (χ1) is 9.78. The van der Waals surface area contributed by atoms with Crippen LogP contribution in [0.4, 0.5) is 0 Å². The molecule has 0 bridgehead atoms. The lowest BCUT2D eigenvalue weighted by atomic mass is 9.78. The summed E-state index contributed by atoms with van der Waals surface area (Å²) < 4.78 is 5.56. The summed E-state index contributed by atoms with van der Waals surface area (Å²) in [7, 11) is 0. The van der Waals surface area contributed by atoms with Gasteiger partial charge in [0, 0.05) is 18.6 Å². The molecule has 0 amide bonds. The van der Waals surface area contributed by atoms with E-state index < -0.39 is 0 Å². The van der Waals surface area contributed by atoms with E-state index in [1.165, 1.54) is 38.5 Å². The van der Waals surface area contributed by atoms with Crippen LogP contribution in [0.3, 0.4) is 0 Å². The fourth-order valence-electron chi connectivity index (χ4n) is 3.78. The summed E-state index contributed by atoms with van der Waals surface area (Å²) in [4.78, 5) is 2.64. The molecule has 3 rings (SSSR count). The smallest absolute Gasteiger partial charge is 0.117 e. The van der Waals surface area contributed by atoms with E-state index in [1.54, 1.807) is 6.26 Å². The van der Waals surface area contributed by atoms with Crippen LogP contribution in [0.15, 0.2) is 22.8 Å². The summed E-state index contributed by atoms with van der Waals surface area (Å²) in [5.41, 5.74) is 6.16. The zero-order valence-electron chi connectivity index (χ0n) is 12.6. The number of hydrogen-bond acceptors (Lipinski definition) is 3. The maximum absolute atomic E-state index is 6.16. The van der Waals surface area contributed by atoms with Gasteiger partial charge in [0.2, 0.25) is 0 Å². The highest BCUT2D eigenvalue weighted by atomic mass is 16.3. The molecule has 1 aromatic heterocycles. The van der Waals surface area contributed by atoms with Crippen molar-refractivity contribution in [2.75, 3.05) is 6.54 Å². The molecular weight excluding hydrogens is 248 g/mol. The summed E-state index contributed by atoms with van der Waals surface area (Å²) in [5, 5.41) is 0. The highest BCUT2D eigenvalue weighted by Crippen LogP contribution is 2.37. The van der Waals surface area contributed by atoms with Crippen molar-refractivity contribution in [1.82, 2.24) is 4.90 Å². The number of furan rings is 1. The molecular formula is C17H28N2O. The molecule has 3 heteroatoms. The molecule has 1 unspecified atom stereocenters. The van der Waals surface area contributed by atoms with Crippen molar-refractivity contribution in [3.8, 4) is 0 Å². The van der Waals surface area contributed by atoms with Gasteiger partial charge in [0.1, 0.15) is 5.76 Å². The van der Waals surface area contributed by atoms with Crippen LogP contribution in [0.2, 0.25) is 0 Å². The van der Waals surface area contributed by atoms with E-state index in [9.17, 15) is 0 Å². The third-order valence-electron chi connectivity index (χ3n) is 5.21. The highest BCUT2D eigenvalue weighted by Gasteiger charge is 2.38. The van der Waals surface area contributed by atoms with Crippen LogP contribution in [-0.4, -0.2) is 23.5 Å². The second-order valence-electron chi connectivity index (χ2n) is 6.81. The minimum atomic E-state index is 0.542. The average Bonchev–Trinajstić information content (AvgIpc) is 3.18. The fourth-order valence-corrected chi connectivity index (χ4v) is 3.78. The summed E-state index contributed by atoms with van der Waals surface area (Å²) in [6, 6.07) is 5.36. The first kappa shape index (κ1) is 14.2. The standard InChI is InChI=1S/C17H28N2O/c1-13-4-6-14(7-5-13)17(11-18)19(15-8-9-15)12-16-3-2-10-20-16/h2-3,10,13-15,17H,4-9,11-12,18H2,1H3. The largest absolute Gasteiger partial charge is 0.468 e. The van der Waals surface area contributed by atoms with E-state index in [0.717, 1.165) is 36.7 Å². The molecule has 1 atom stereocenters. The van der Waals surface area contributed by atoms with Crippen molar-refractivity contribution < 1.29 is 4.42 Å². The van der Waals surface area contributed by atoms with Gasteiger partial charge < -0.3 is 10.2 Å². The van der Waals surface area contributed by atoms with E-state index in [2.05, 4.69) is 17.9 Å². The molecule has 2 aliphatic rings. The predicted octanol–water partition coefficient (Wildman–Crippen LogP) is 3.40.